The second kappa shape index (κ2) is 7.06. The quantitative estimate of drug-likeness (QED) is 0.778. The number of hydrogen-bond donors (Lipinski definition) is 1. The number of hydrogen-bond acceptors (Lipinski definition) is 2. The molecule has 106 valence electrons. The maximum atomic E-state index is 6.32. The minimum atomic E-state index is 0.305. The third kappa shape index (κ3) is 5.33. The van der Waals surface area contributed by atoms with Gasteiger partial charge in [-0.15, -0.1) is 0 Å². The summed E-state index contributed by atoms with van der Waals surface area (Å²) in [6.07, 6.45) is 4.93. The molecular formula is C17H28N2. The fraction of sp³-hybridized carbons (Fsp3) is 0.647. The number of rotatable bonds is 8. The molecule has 1 saturated carbocycles. The van der Waals surface area contributed by atoms with Crippen LogP contribution in [0.25, 0.3) is 0 Å². The Morgan fingerprint density at radius 1 is 1.16 bits per heavy atom. The number of benzene rings is 1. The Balaban J connectivity index is 1.74. The Hall–Kier alpha value is -0.860. The lowest BCUT2D eigenvalue weighted by molar-refractivity contribution is 0.217. The Morgan fingerprint density at radius 2 is 1.84 bits per heavy atom. The van der Waals surface area contributed by atoms with Crippen LogP contribution in [-0.4, -0.2) is 30.1 Å². The van der Waals surface area contributed by atoms with Gasteiger partial charge in [0.1, 0.15) is 0 Å². The molecule has 2 rings (SSSR count). The molecule has 2 nitrogen and oxygen atoms in total. The highest BCUT2D eigenvalue weighted by atomic mass is 15.2. The van der Waals surface area contributed by atoms with Gasteiger partial charge in [0.25, 0.3) is 0 Å². The molecule has 1 fully saturated rings. The second-order valence-corrected chi connectivity index (χ2v) is 6.36. The van der Waals surface area contributed by atoms with Crippen LogP contribution in [0.5, 0.6) is 0 Å². The van der Waals surface area contributed by atoms with E-state index in [1.807, 2.05) is 0 Å². The summed E-state index contributed by atoms with van der Waals surface area (Å²) < 4.78 is 0. The SMILES string of the molecule is CC(C)CN(CC(N)CCc1ccccc1)C1CC1. The Kier molecular flexibility index (Phi) is 5.41. The van der Waals surface area contributed by atoms with Crippen LogP contribution in [0.4, 0.5) is 0 Å². The maximum absolute atomic E-state index is 6.32. The number of nitrogens with two attached hydrogens (primary N) is 1. The van der Waals surface area contributed by atoms with Gasteiger partial charge < -0.3 is 5.73 Å². The van der Waals surface area contributed by atoms with Gasteiger partial charge in [0.05, 0.1) is 0 Å². The van der Waals surface area contributed by atoms with E-state index >= 15 is 0 Å². The highest BCUT2D eigenvalue weighted by Gasteiger charge is 2.29. The third-order valence-corrected chi connectivity index (χ3v) is 3.78. The predicted molar refractivity (Wildman–Crippen MR) is 82.2 cm³/mol. The fourth-order valence-electron chi connectivity index (χ4n) is 2.67. The van der Waals surface area contributed by atoms with E-state index in [1.54, 1.807) is 0 Å². The topological polar surface area (TPSA) is 29.3 Å². The monoisotopic (exact) mass is 260 g/mol. The Labute approximate surface area is 118 Å². The molecule has 1 aromatic rings. The number of nitrogens with zero attached hydrogens (tertiary/aromatic N) is 1. The Morgan fingerprint density at radius 3 is 2.42 bits per heavy atom. The Bertz CT molecular complexity index is 357. The van der Waals surface area contributed by atoms with Gasteiger partial charge in [0, 0.05) is 25.2 Å². The fourth-order valence-corrected chi connectivity index (χ4v) is 2.67. The van der Waals surface area contributed by atoms with Crippen LogP contribution in [-0.2, 0) is 6.42 Å². The van der Waals surface area contributed by atoms with E-state index in [-0.39, 0.29) is 0 Å². The highest BCUT2D eigenvalue weighted by molar-refractivity contribution is 5.14. The summed E-state index contributed by atoms with van der Waals surface area (Å²) in [5, 5.41) is 0. The average molecular weight is 260 g/mol. The van der Waals surface area contributed by atoms with Gasteiger partial charge in [-0.3, -0.25) is 4.90 Å². The average Bonchev–Trinajstić information content (AvgIpc) is 3.20. The van der Waals surface area contributed by atoms with E-state index in [4.69, 9.17) is 5.73 Å². The molecular weight excluding hydrogens is 232 g/mol. The molecule has 1 aromatic carbocycles. The molecule has 0 amide bonds. The molecule has 1 unspecified atom stereocenters. The van der Waals surface area contributed by atoms with Crippen LogP contribution < -0.4 is 5.73 Å². The highest BCUT2D eigenvalue weighted by Crippen LogP contribution is 2.27. The van der Waals surface area contributed by atoms with Crippen molar-refractivity contribution in [3.63, 3.8) is 0 Å². The van der Waals surface area contributed by atoms with E-state index in [1.165, 1.54) is 24.9 Å². The summed E-state index contributed by atoms with van der Waals surface area (Å²) in [7, 11) is 0. The first-order valence-corrected chi connectivity index (χ1v) is 7.68. The molecule has 0 aromatic heterocycles. The smallest absolute Gasteiger partial charge is 0.0171 e. The molecule has 0 spiro atoms. The lowest BCUT2D eigenvalue weighted by Crippen LogP contribution is -2.40. The lowest BCUT2D eigenvalue weighted by atomic mass is 10.0. The zero-order valence-corrected chi connectivity index (χ0v) is 12.4. The molecule has 1 atom stereocenters. The van der Waals surface area contributed by atoms with Crippen molar-refractivity contribution < 1.29 is 0 Å². The van der Waals surface area contributed by atoms with Crippen molar-refractivity contribution in [2.45, 2.75) is 51.6 Å². The molecule has 0 heterocycles. The molecule has 0 aliphatic heterocycles. The van der Waals surface area contributed by atoms with Crippen molar-refractivity contribution in [2.24, 2.45) is 11.7 Å². The molecule has 0 bridgehead atoms. The van der Waals surface area contributed by atoms with Crippen LogP contribution in [0.2, 0.25) is 0 Å². The van der Waals surface area contributed by atoms with Crippen molar-refractivity contribution in [3.8, 4) is 0 Å². The van der Waals surface area contributed by atoms with Crippen LogP contribution in [0.3, 0.4) is 0 Å². The van der Waals surface area contributed by atoms with Gasteiger partial charge in [-0.25, -0.2) is 0 Å². The summed E-state index contributed by atoms with van der Waals surface area (Å²) in [6, 6.07) is 11.8. The normalized spacial score (nSPS) is 17.1. The molecule has 1 aliphatic carbocycles. The van der Waals surface area contributed by atoms with Gasteiger partial charge >= 0.3 is 0 Å². The van der Waals surface area contributed by atoms with Gasteiger partial charge in [-0.05, 0) is 37.2 Å². The molecule has 0 saturated heterocycles. The van der Waals surface area contributed by atoms with Crippen LogP contribution in [0, 0.1) is 5.92 Å². The summed E-state index contributed by atoms with van der Waals surface area (Å²) >= 11 is 0. The molecule has 2 N–H and O–H groups in total. The maximum Gasteiger partial charge on any atom is 0.0171 e. The summed E-state index contributed by atoms with van der Waals surface area (Å²) in [5.74, 6) is 0.738. The second-order valence-electron chi connectivity index (χ2n) is 6.36. The van der Waals surface area contributed by atoms with Crippen LogP contribution in [0.15, 0.2) is 30.3 Å². The zero-order chi connectivity index (χ0) is 13.7. The molecule has 1 aliphatic rings. The van der Waals surface area contributed by atoms with E-state index in [0.717, 1.165) is 31.3 Å². The largest absolute Gasteiger partial charge is 0.327 e. The number of aryl methyl sites for hydroxylation is 1. The van der Waals surface area contributed by atoms with Crippen molar-refractivity contribution in [1.82, 2.24) is 4.90 Å². The van der Waals surface area contributed by atoms with Gasteiger partial charge in [-0.1, -0.05) is 44.2 Å². The standard InChI is InChI=1S/C17H28N2/c1-14(2)12-19(17-10-11-17)13-16(18)9-8-15-6-4-3-5-7-15/h3-7,14,16-17H,8-13,18H2,1-2H3. The minimum absolute atomic E-state index is 0.305. The van der Waals surface area contributed by atoms with Crippen molar-refractivity contribution in [2.75, 3.05) is 13.1 Å². The minimum Gasteiger partial charge on any atom is -0.327 e. The molecule has 19 heavy (non-hydrogen) atoms. The van der Waals surface area contributed by atoms with Crippen molar-refractivity contribution in [1.29, 1.82) is 0 Å². The van der Waals surface area contributed by atoms with Crippen molar-refractivity contribution >= 4 is 0 Å². The first kappa shape index (κ1) is 14.5. The van der Waals surface area contributed by atoms with Gasteiger partial charge in [0.15, 0.2) is 0 Å². The van der Waals surface area contributed by atoms with Crippen LogP contribution in [0.1, 0.15) is 38.7 Å². The summed E-state index contributed by atoms with van der Waals surface area (Å²) in [6.45, 7) is 6.86. The van der Waals surface area contributed by atoms with E-state index in [0.29, 0.717) is 6.04 Å². The lowest BCUT2D eigenvalue weighted by Gasteiger charge is -2.27. The van der Waals surface area contributed by atoms with Gasteiger partial charge in [-0.2, -0.15) is 0 Å². The zero-order valence-electron chi connectivity index (χ0n) is 12.4. The van der Waals surface area contributed by atoms with E-state index in [2.05, 4.69) is 49.1 Å². The van der Waals surface area contributed by atoms with Crippen molar-refractivity contribution in [3.05, 3.63) is 35.9 Å². The molecule has 2 heteroatoms. The van der Waals surface area contributed by atoms with E-state index < -0.39 is 0 Å². The third-order valence-electron chi connectivity index (χ3n) is 3.78. The van der Waals surface area contributed by atoms with E-state index in [9.17, 15) is 0 Å². The first-order chi connectivity index (χ1) is 9.15. The predicted octanol–water partition coefficient (Wildman–Crippen LogP) is 3.07. The first-order valence-electron chi connectivity index (χ1n) is 7.68. The van der Waals surface area contributed by atoms with Crippen LogP contribution >= 0.6 is 0 Å². The summed E-state index contributed by atoms with van der Waals surface area (Å²) in [4.78, 5) is 2.61. The molecule has 0 radical (unpaired) electrons. The van der Waals surface area contributed by atoms with Gasteiger partial charge in [0.2, 0.25) is 0 Å². The summed E-state index contributed by atoms with van der Waals surface area (Å²) in [5.41, 5.74) is 7.72.